The second-order valence-corrected chi connectivity index (χ2v) is 4.04. The number of hydrogen-bond donors (Lipinski definition) is 1. The van der Waals surface area contributed by atoms with Gasteiger partial charge >= 0.3 is 0 Å². The lowest BCUT2D eigenvalue weighted by atomic mass is 10.0. The molecule has 1 saturated heterocycles. The number of carbonyl (C=O) groups is 1. The van der Waals surface area contributed by atoms with Crippen LogP contribution in [0.25, 0.3) is 0 Å². The maximum absolute atomic E-state index is 10.6. The lowest BCUT2D eigenvalue weighted by Gasteiger charge is -2.40. The first-order valence-electron chi connectivity index (χ1n) is 5.24. The van der Waals surface area contributed by atoms with Crippen molar-refractivity contribution in [3.8, 4) is 11.5 Å². The highest BCUT2D eigenvalue weighted by atomic mass is 16.5. The largest absolute Gasteiger partial charge is 0.493 e. The van der Waals surface area contributed by atoms with Crippen molar-refractivity contribution in [3.05, 3.63) is 23.8 Å². The van der Waals surface area contributed by atoms with E-state index >= 15 is 0 Å². The Morgan fingerprint density at radius 2 is 2.19 bits per heavy atom. The molecule has 0 aliphatic carbocycles. The Morgan fingerprint density at radius 3 is 2.69 bits per heavy atom. The fraction of sp³-hybridized carbons (Fsp3) is 0.417. The molecule has 1 atom stereocenters. The van der Waals surface area contributed by atoms with Gasteiger partial charge in [-0.05, 0) is 25.1 Å². The predicted octanol–water partition coefficient (Wildman–Crippen LogP) is 1.60. The molecule has 0 bridgehead atoms. The second-order valence-electron chi connectivity index (χ2n) is 4.04. The first-order valence-corrected chi connectivity index (χ1v) is 5.24. The molecule has 1 aromatic rings. The Hall–Kier alpha value is -1.55. The summed E-state index contributed by atoms with van der Waals surface area (Å²) in [5, 5.41) is 3.20. The van der Waals surface area contributed by atoms with E-state index in [4.69, 9.17) is 9.47 Å². The molecule has 4 nitrogen and oxygen atoms in total. The summed E-state index contributed by atoms with van der Waals surface area (Å²) in [6.07, 6.45) is 1.75. The number of hydrogen-bond acceptors (Lipinski definition) is 4. The van der Waals surface area contributed by atoms with Crippen molar-refractivity contribution in [2.75, 3.05) is 13.7 Å². The van der Waals surface area contributed by atoms with Crippen molar-refractivity contribution < 1.29 is 14.3 Å². The van der Waals surface area contributed by atoms with E-state index in [9.17, 15) is 4.79 Å². The second kappa shape index (κ2) is 4.14. The first kappa shape index (κ1) is 11.0. The number of nitrogens with one attached hydrogen (secondary N) is 1. The highest BCUT2D eigenvalue weighted by molar-refractivity contribution is 5.76. The average Bonchev–Trinajstić information content (AvgIpc) is 2.27. The van der Waals surface area contributed by atoms with Crippen LogP contribution in [-0.2, 0) is 0 Å². The molecular weight excluding hydrogens is 206 g/mol. The zero-order valence-electron chi connectivity index (χ0n) is 9.45. The molecule has 1 aliphatic rings. The number of methoxy groups -OCH3 is 1. The van der Waals surface area contributed by atoms with Gasteiger partial charge in [-0.25, -0.2) is 0 Å². The molecule has 0 spiro atoms. The molecule has 0 saturated carbocycles. The quantitative estimate of drug-likeness (QED) is 0.784. The standard InChI is InChI=1S/C12H15NO3/c1-12(5-6-13-12)16-10-4-3-9(8-14)7-11(10)15-2/h3-4,7-8,13H,5-6H2,1-2H3/t12-/m0/s1. The number of benzene rings is 1. The van der Waals surface area contributed by atoms with Crippen molar-refractivity contribution in [1.82, 2.24) is 5.32 Å². The third-order valence-electron chi connectivity index (χ3n) is 2.76. The van der Waals surface area contributed by atoms with E-state index < -0.39 is 0 Å². The van der Waals surface area contributed by atoms with Crippen LogP contribution in [0.5, 0.6) is 11.5 Å². The van der Waals surface area contributed by atoms with Gasteiger partial charge in [-0.3, -0.25) is 10.1 Å². The molecule has 0 unspecified atom stereocenters. The number of rotatable bonds is 4. The average molecular weight is 221 g/mol. The fourth-order valence-corrected chi connectivity index (χ4v) is 1.65. The van der Waals surface area contributed by atoms with E-state index in [1.807, 2.05) is 6.92 Å². The van der Waals surface area contributed by atoms with Gasteiger partial charge in [0, 0.05) is 18.5 Å². The van der Waals surface area contributed by atoms with Crippen LogP contribution in [0.3, 0.4) is 0 Å². The molecule has 1 N–H and O–H groups in total. The van der Waals surface area contributed by atoms with Gasteiger partial charge in [-0.15, -0.1) is 0 Å². The molecule has 0 amide bonds. The topological polar surface area (TPSA) is 47.6 Å². The van der Waals surface area contributed by atoms with Crippen molar-refractivity contribution in [1.29, 1.82) is 0 Å². The summed E-state index contributed by atoms with van der Waals surface area (Å²) in [5.74, 6) is 1.24. The molecule has 86 valence electrons. The number of carbonyl (C=O) groups excluding carboxylic acids is 1. The highest BCUT2D eigenvalue weighted by Crippen LogP contribution is 2.32. The minimum Gasteiger partial charge on any atom is -0.493 e. The highest BCUT2D eigenvalue weighted by Gasteiger charge is 2.34. The van der Waals surface area contributed by atoms with Crippen molar-refractivity contribution in [2.24, 2.45) is 0 Å². The molecule has 2 rings (SSSR count). The van der Waals surface area contributed by atoms with Crippen LogP contribution in [0.4, 0.5) is 0 Å². The van der Waals surface area contributed by atoms with Gasteiger partial charge in [0.2, 0.25) is 0 Å². The normalized spacial score (nSPS) is 23.4. The van der Waals surface area contributed by atoms with Crippen LogP contribution in [0.2, 0.25) is 0 Å². The number of ether oxygens (including phenoxy) is 2. The zero-order chi connectivity index (χ0) is 11.6. The smallest absolute Gasteiger partial charge is 0.163 e. The predicted molar refractivity (Wildman–Crippen MR) is 60.0 cm³/mol. The number of aldehydes is 1. The van der Waals surface area contributed by atoms with E-state index in [0.717, 1.165) is 19.3 Å². The van der Waals surface area contributed by atoms with Crippen LogP contribution in [-0.4, -0.2) is 25.7 Å². The van der Waals surface area contributed by atoms with Gasteiger partial charge in [0.05, 0.1) is 7.11 Å². The Bertz CT molecular complexity index is 399. The molecule has 4 heteroatoms. The van der Waals surface area contributed by atoms with Crippen LogP contribution in [0.15, 0.2) is 18.2 Å². The lowest BCUT2D eigenvalue weighted by molar-refractivity contribution is -0.0124. The SMILES string of the molecule is COc1cc(C=O)ccc1O[C@@]1(C)CCN1. The summed E-state index contributed by atoms with van der Waals surface area (Å²) >= 11 is 0. The first-order chi connectivity index (χ1) is 7.67. The van der Waals surface area contributed by atoms with Gasteiger partial charge < -0.3 is 9.47 Å². The van der Waals surface area contributed by atoms with E-state index in [1.165, 1.54) is 0 Å². The molecule has 16 heavy (non-hydrogen) atoms. The van der Waals surface area contributed by atoms with Gasteiger partial charge in [0.1, 0.15) is 6.29 Å². The third kappa shape index (κ3) is 2.02. The maximum Gasteiger partial charge on any atom is 0.163 e. The summed E-state index contributed by atoms with van der Waals surface area (Å²) in [4.78, 5) is 10.6. The Kier molecular flexibility index (Phi) is 2.83. The van der Waals surface area contributed by atoms with Gasteiger partial charge in [-0.1, -0.05) is 0 Å². The molecular formula is C12H15NO3. The summed E-state index contributed by atoms with van der Waals surface area (Å²) < 4.78 is 11.0. The third-order valence-corrected chi connectivity index (χ3v) is 2.76. The Labute approximate surface area is 94.6 Å². The summed E-state index contributed by atoms with van der Waals surface area (Å²) in [6, 6.07) is 5.14. The van der Waals surface area contributed by atoms with E-state index in [-0.39, 0.29) is 5.72 Å². The Morgan fingerprint density at radius 1 is 1.44 bits per heavy atom. The van der Waals surface area contributed by atoms with Gasteiger partial charge in [0.15, 0.2) is 17.2 Å². The Balaban J connectivity index is 2.22. The maximum atomic E-state index is 10.6. The van der Waals surface area contributed by atoms with Crippen molar-refractivity contribution in [3.63, 3.8) is 0 Å². The molecule has 0 aromatic heterocycles. The monoisotopic (exact) mass is 221 g/mol. The molecule has 1 fully saturated rings. The lowest BCUT2D eigenvalue weighted by Crippen LogP contribution is -2.58. The summed E-state index contributed by atoms with van der Waals surface area (Å²) in [5.41, 5.74) is 0.270. The van der Waals surface area contributed by atoms with Crippen LogP contribution in [0.1, 0.15) is 23.7 Å². The fourth-order valence-electron chi connectivity index (χ4n) is 1.65. The van der Waals surface area contributed by atoms with Crippen molar-refractivity contribution in [2.45, 2.75) is 19.1 Å². The minimum absolute atomic E-state index is 0.310. The molecule has 1 heterocycles. The van der Waals surface area contributed by atoms with Crippen LogP contribution >= 0.6 is 0 Å². The van der Waals surface area contributed by atoms with Crippen molar-refractivity contribution >= 4 is 6.29 Å². The van der Waals surface area contributed by atoms with E-state index in [0.29, 0.717) is 17.1 Å². The molecule has 1 aromatic carbocycles. The minimum atomic E-state index is -0.310. The zero-order valence-corrected chi connectivity index (χ0v) is 9.45. The van der Waals surface area contributed by atoms with Crippen LogP contribution in [0, 0.1) is 0 Å². The summed E-state index contributed by atoms with van der Waals surface area (Å²) in [7, 11) is 1.56. The molecule has 1 aliphatic heterocycles. The van der Waals surface area contributed by atoms with Gasteiger partial charge in [0.25, 0.3) is 0 Å². The van der Waals surface area contributed by atoms with E-state index in [2.05, 4.69) is 5.32 Å². The summed E-state index contributed by atoms with van der Waals surface area (Å²) in [6.45, 7) is 2.95. The van der Waals surface area contributed by atoms with Gasteiger partial charge in [-0.2, -0.15) is 0 Å². The molecule has 0 radical (unpaired) electrons. The van der Waals surface area contributed by atoms with Crippen LogP contribution < -0.4 is 14.8 Å². The van der Waals surface area contributed by atoms with E-state index in [1.54, 1.807) is 25.3 Å².